The van der Waals surface area contributed by atoms with Crippen molar-refractivity contribution < 1.29 is 4.43 Å². The molecule has 4 saturated carbocycles. The second-order valence-corrected chi connectivity index (χ2v) is 116. The number of rotatable bonds is 4. The first-order valence-corrected chi connectivity index (χ1v) is 50.1. The molecule has 10 heteroatoms. The first kappa shape index (κ1) is 32.5. The van der Waals surface area contributed by atoms with Crippen LogP contribution in [0, 0.1) is 23.2 Å². The van der Waals surface area contributed by atoms with E-state index in [1.165, 1.54) is 19.3 Å². The molecule has 4 bridgehead atoms. The summed E-state index contributed by atoms with van der Waals surface area (Å²) in [7, 11) is -11.5. The molecule has 0 amide bonds. The highest BCUT2D eigenvalue weighted by molar-refractivity contribution is 8.19. The van der Waals surface area contributed by atoms with Gasteiger partial charge in [0.05, 0.1) is 21.8 Å². The van der Waals surface area contributed by atoms with Gasteiger partial charge in [-0.05, 0) is 69.4 Å². The molecule has 0 unspecified atom stereocenters. The maximum Gasteiger partial charge on any atom is 0.224 e. The molecule has 1 heterocycles. The normalized spacial score (nSPS) is 39.3. The fourth-order valence-electron chi connectivity index (χ4n) is 13.6. The summed E-state index contributed by atoms with van der Waals surface area (Å²) in [6, 6.07) is 0. The SMILES string of the molecule is C[Si](C)(C)/[Si]1=C(\C23CC4CC(CC(C4)C2)C3)O[Si](C)(C)[Si](C)(C)[Si]([Si](C)(C)C)([Si](C)(C)C)[Si](C)(C)[Si]1(C)C. The molecule has 0 spiro atoms. The summed E-state index contributed by atoms with van der Waals surface area (Å²) in [5.41, 5.74) is 0.493. The lowest BCUT2D eigenvalue weighted by Gasteiger charge is -2.72. The van der Waals surface area contributed by atoms with Crippen LogP contribution in [-0.2, 0) is 4.43 Å². The molecule has 5 aliphatic rings. The van der Waals surface area contributed by atoms with Gasteiger partial charge in [-0.15, -0.1) is 0 Å². The highest BCUT2D eigenvalue weighted by atomic mass is 30.3. The standard InChI is InChI=1S/C28H66OSi9/c1-31(2,3)30-27(28-21-24-18-25(22-28)20-26(19-24)23-28)29-34(10,11)36(14,15)38(32(4,5)6,33(7,8)9)37(16,17)35(30,12)13/h24-26H,18-23H2,1-17H3/b30-27-. The number of hydrogen-bond acceptors (Lipinski definition) is 1. The van der Waals surface area contributed by atoms with Crippen LogP contribution in [0.5, 0.6) is 0 Å². The van der Waals surface area contributed by atoms with E-state index in [1.54, 1.807) is 19.3 Å². The molecule has 5 rings (SSSR count). The third kappa shape index (κ3) is 4.20. The molecule has 4 aliphatic carbocycles. The average Bonchev–Trinajstić information content (AvgIpc) is 2.61. The topological polar surface area (TPSA) is 9.23 Å². The van der Waals surface area contributed by atoms with E-state index < -0.39 is 65.5 Å². The lowest BCUT2D eigenvalue weighted by Crippen LogP contribution is -3.02. The van der Waals surface area contributed by atoms with Crippen LogP contribution in [0.3, 0.4) is 0 Å². The van der Waals surface area contributed by atoms with Crippen LogP contribution in [0.2, 0.25) is 111 Å². The van der Waals surface area contributed by atoms with Crippen LogP contribution in [-0.4, -0.2) is 70.9 Å². The minimum atomic E-state index is -1.91. The Morgan fingerprint density at radius 1 is 0.632 bits per heavy atom. The minimum Gasteiger partial charge on any atom is -0.555 e. The van der Waals surface area contributed by atoms with Gasteiger partial charge in [-0.25, -0.2) is 0 Å². The molecular weight excluding hydrogens is 605 g/mol. The van der Waals surface area contributed by atoms with Crippen LogP contribution in [0.25, 0.3) is 0 Å². The summed E-state index contributed by atoms with van der Waals surface area (Å²) in [4.78, 5) is 0. The fraction of sp³-hybridized carbons (Fsp3) is 0.964. The molecule has 0 aromatic heterocycles. The molecule has 220 valence electrons. The van der Waals surface area contributed by atoms with Gasteiger partial charge in [0.1, 0.15) is 0 Å². The number of hydrogen-bond donors (Lipinski definition) is 0. The van der Waals surface area contributed by atoms with Gasteiger partial charge in [-0.2, -0.15) is 0 Å². The highest BCUT2D eigenvalue weighted by Gasteiger charge is 2.79. The lowest BCUT2D eigenvalue weighted by atomic mass is 9.50. The van der Waals surface area contributed by atoms with Crippen molar-refractivity contribution in [1.82, 2.24) is 0 Å². The van der Waals surface area contributed by atoms with Gasteiger partial charge in [0.2, 0.25) is 7.83 Å². The van der Waals surface area contributed by atoms with Gasteiger partial charge in [0.15, 0.2) is 0 Å². The van der Waals surface area contributed by atoms with Gasteiger partial charge in [-0.1, -0.05) is 98.2 Å². The molecular formula is C28H66OSi9. The molecule has 38 heavy (non-hydrogen) atoms. The van der Waals surface area contributed by atoms with Gasteiger partial charge >= 0.3 is 0 Å². The van der Waals surface area contributed by atoms with E-state index in [1.807, 2.05) is 5.35 Å². The summed E-state index contributed by atoms with van der Waals surface area (Å²) in [5, 5.41) is 1.93. The third-order valence-electron chi connectivity index (χ3n) is 13.7. The third-order valence-corrected chi connectivity index (χ3v) is 216. The van der Waals surface area contributed by atoms with Crippen LogP contribution < -0.4 is 0 Å². The Labute approximate surface area is 246 Å². The van der Waals surface area contributed by atoms with E-state index in [0.29, 0.717) is 5.41 Å². The molecule has 0 saturated heterocycles. The van der Waals surface area contributed by atoms with E-state index in [2.05, 4.69) is 111 Å². The monoisotopic (exact) mass is 670 g/mol. The Balaban J connectivity index is 2.17. The van der Waals surface area contributed by atoms with Crippen molar-refractivity contribution in [3.05, 3.63) is 0 Å². The quantitative estimate of drug-likeness (QED) is 0.272. The smallest absolute Gasteiger partial charge is 0.224 e. The first-order chi connectivity index (χ1) is 16.7. The van der Waals surface area contributed by atoms with Crippen LogP contribution in [0.4, 0.5) is 0 Å². The molecule has 0 aromatic carbocycles. The van der Waals surface area contributed by atoms with Crippen molar-refractivity contribution in [3.63, 3.8) is 0 Å². The lowest BCUT2D eigenvalue weighted by molar-refractivity contribution is -0.0181. The Hall–Kier alpha value is 1.62. The Kier molecular flexibility index (Phi) is 7.77. The van der Waals surface area contributed by atoms with Crippen molar-refractivity contribution in [2.45, 2.75) is 150 Å². The molecule has 0 N–H and O–H groups in total. The van der Waals surface area contributed by atoms with E-state index >= 15 is 0 Å². The van der Waals surface area contributed by atoms with Gasteiger partial charge in [-0.3, -0.25) is 0 Å². The Morgan fingerprint density at radius 3 is 1.32 bits per heavy atom. The Morgan fingerprint density at radius 2 is 1.00 bits per heavy atom. The van der Waals surface area contributed by atoms with Crippen molar-refractivity contribution in [1.29, 1.82) is 0 Å². The highest BCUT2D eigenvalue weighted by Crippen LogP contribution is 2.62. The van der Waals surface area contributed by atoms with E-state index in [4.69, 9.17) is 4.43 Å². The molecule has 0 aromatic rings. The maximum absolute atomic E-state index is 8.33. The molecule has 4 fully saturated rings. The van der Waals surface area contributed by atoms with Gasteiger partial charge in [0.25, 0.3) is 0 Å². The predicted octanol–water partition coefficient (Wildman–Crippen LogP) is 8.86. The van der Waals surface area contributed by atoms with Crippen LogP contribution in [0.15, 0.2) is 0 Å². The molecule has 0 atom stereocenters. The van der Waals surface area contributed by atoms with Crippen molar-refractivity contribution in [2.24, 2.45) is 23.2 Å². The molecule has 1 aliphatic heterocycles. The second kappa shape index (κ2) is 9.07. The summed E-state index contributed by atoms with van der Waals surface area (Å²) in [6.07, 6.45) is 7.71. The van der Waals surface area contributed by atoms with E-state index in [-0.39, 0.29) is 0 Å². The van der Waals surface area contributed by atoms with Gasteiger partial charge in [0, 0.05) is 46.6 Å². The molecule has 0 radical (unpaired) electrons. The molecule has 1 nitrogen and oxygen atoms in total. The summed E-state index contributed by atoms with van der Waals surface area (Å²) in [5.74, 6) is 3.07. The summed E-state index contributed by atoms with van der Waals surface area (Å²) in [6.45, 7) is 49.8. The predicted molar refractivity (Wildman–Crippen MR) is 198 cm³/mol. The zero-order valence-electron chi connectivity index (χ0n) is 28.9. The zero-order valence-corrected chi connectivity index (χ0v) is 37.9. The van der Waals surface area contributed by atoms with Crippen molar-refractivity contribution >= 4 is 70.9 Å². The fourth-order valence-corrected chi connectivity index (χ4v) is 381. The van der Waals surface area contributed by atoms with Crippen molar-refractivity contribution in [2.75, 3.05) is 0 Å². The average molecular weight is 672 g/mol. The maximum atomic E-state index is 8.33. The summed E-state index contributed by atoms with van der Waals surface area (Å²) < 4.78 is 8.33. The Bertz CT molecular complexity index is 956. The van der Waals surface area contributed by atoms with Crippen LogP contribution in [0.1, 0.15) is 38.5 Å². The largest absolute Gasteiger partial charge is 0.555 e. The van der Waals surface area contributed by atoms with Crippen molar-refractivity contribution in [3.8, 4) is 0 Å². The minimum absolute atomic E-state index is 0.493. The van der Waals surface area contributed by atoms with E-state index in [9.17, 15) is 0 Å². The van der Waals surface area contributed by atoms with Gasteiger partial charge < -0.3 is 4.43 Å². The van der Waals surface area contributed by atoms with Crippen LogP contribution >= 0.6 is 0 Å². The van der Waals surface area contributed by atoms with E-state index in [0.717, 1.165) is 17.8 Å². The first-order valence-electron chi connectivity index (χ1n) is 16.1. The summed E-state index contributed by atoms with van der Waals surface area (Å²) >= 11 is 0. The second-order valence-electron chi connectivity index (χ2n) is 19.9. The zero-order chi connectivity index (χ0) is 29.3.